The second-order valence-electron chi connectivity index (χ2n) is 5.70. The summed E-state index contributed by atoms with van der Waals surface area (Å²) in [5.41, 5.74) is 2.44. The molecular weight excluding hydrogens is 292 g/mol. The standard InChI is InChI=1S/C19H24O4/c1-14(2)8-4-5-9-15(3)12-13-18(20)23-17-11-7-6-10-16(17)19(21)22/h6-8,10-12H,4-5,9,13H2,1-3H3,(H,21,22)/b15-12+. The van der Waals surface area contributed by atoms with Crippen LogP contribution in [-0.2, 0) is 4.79 Å². The first kappa shape index (κ1) is 18.7. The van der Waals surface area contributed by atoms with Crippen molar-refractivity contribution < 1.29 is 19.4 Å². The minimum Gasteiger partial charge on any atom is -0.478 e. The average molecular weight is 316 g/mol. The van der Waals surface area contributed by atoms with Crippen LogP contribution in [0.3, 0.4) is 0 Å². The Morgan fingerprint density at radius 1 is 1.13 bits per heavy atom. The zero-order chi connectivity index (χ0) is 17.2. The highest BCUT2D eigenvalue weighted by molar-refractivity contribution is 5.92. The van der Waals surface area contributed by atoms with E-state index in [2.05, 4.69) is 19.9 Å². The number of para-hydroxylation sites is 1. The maximum absolute atomic E-state index is 11.8. The molecule has 0 saturated heterocycles. The summed E-state index contributed by atoms with van der Waals surface area (Å²) in [4.78, 5) is 22.9. The monoisotopic (exact) mass is 316 g/mol. The Balaban J connectivity index is 2.49. The maximum Gasteiger partial charge on any atom is 0.339 e. The number of hydrogen-bond donors (Lipinski definition) is 1. The first-order valence-corrected chi connectivity index (χ1v) is 7.72. The van der Waals surface area contributed by atoms with Gasteiger partial charge in [0.2, 0.25) is 0 Å². The highest BCUT2D eigenvalue weighted by Gasteiger charge is 2.13. The third-order valence-corrected chi connectivity index (χ3v) is 3.29. The summed E-state index contributed by atoms with van der Waals surface area (Å²) in [5, 5.41) is 9.05. The van der Waals surface area contributed by atoms with Gasteiger partial charge in [0.1, 0.15) is 11.3 Å². The van der Waals surface area contributed by atoms with Crippen molar-refractivity contribution in [2.45, 2.75) is 46.5 Å². The summed E-state index contributed by atoms with van der Waals surface area (Å²) in [6, 6.07) is 6.13. The lowest BCUT2D eigenvalue weighted by Gasteiger charge is -2.06. The summed E-state index contributed by atoms with van der Waals surface area (Å²) in [7, 11) is 0. The topological polar surface area (TPSA) is 63.6 Å². The fourth-order valence-electron chi connectivity index (χ4n) is 2.03. The molecule has 0 spiro atoms. The number of carbonyl (C=O) groups is 2. The van der Waals surface area contributed by atoms with E-state index in [-0.39, 0.29) is 17.7 Å². The van der Waals surface area contributed by atoms with Gasteiger partial charge in [-0.05, 0) is 52.2 Å². The van der Waals surface area contributed by atoms with Gasteiger partial charge in [-0.2, -0.15) is 0 Å². The number of carbonyl (C=O) groups excluding carboxylic acids is 1. The molecular formula is C19H24O4. The third-order valence-electron chi connectivity index (χ3n) is 3.29. The van der Waals surface area contributed by atoms with Crippen LogP contribution in [0.15, 0.2) is 47.6 Å². The number of carboxylic acids is 1. The Morgan fingerprint density at radius 3 is 2.48 bits per heavy atom. The predicted molar refractivity (Wildman–Crippen MR) is 90.7 cm³/mol. The molecule has 0 saturated carbocycles. The van der Waals surface area contributed by atoms with Crippen molar-refractivity contribution in [2.24, 2.45) is 0 Å². The van der Waals surface area contributed by atoms with Crippen LogP contribution in [-0.4, -0.2) is 17.0 Å². The predicted octanol–water partition coefficient (Wildman–Crippen LogP) is 4.76. The Labute approximate surface area is 137 Å². The molecule has 0 aromatic heterocycles. The normalized spacial score (nSPS) is 11.0. The van der Waals surface area contributed by atoms with Crippen molar-refractivity contribution in [3.63, 3.8) is 0 Å². The summed E-state index contributed by atoms with van der Waals surface area (Å²) < 4.78 is 5.14. The Morgan fingerprint density at radius 2 is 1.83 bits per heavy atom. The number of hydrogen-bond acceptors (Lipinski definition) is 3. The van der Waals surface area contributed by atoms with Crippen LogP contribution in [0.4, 0.5) is 0 Å². The number of ether oxygens (including phenoxy) is 1. The fraction of sp³-hybridized carbons (Fsp3) is 0.368. The van der Waals surface area contributed by atoms with Gasteiger partial charge in [-0.1, -0.05) is 35.4 Å². The van der Waals surface area contributed by atoms with Crippen LogP contribution in [0.25, 0.3) is 0 Å². The largest absolute Gasteiger partial charge is 0.478 e. The van der Waals surface area contributed by atoms with Gasteiger partial charge in [-0.3, -0.25) is 4.79 Å². The minimum atomic E-state index is -1.11. The average Bonchev–Trinajstić information content (AvgIpc) is 2.49. The molecule has 0 fully saturated rings. The second-order valence-corrected chi connectivity index (χ2v) is 5.70. The molecule has 0 aliphatic carbocycles. The first-order chi connectivity index (χ1) is 10.9. The van der Waals surface area contributed by atoms with Crippen LogP contribution in [0.2, 0.25) is 0 Å². The van der Waals surface area contributed by atoms with Crippen LogP contribution in [0, 0.1) is 0 Å². The number of carboxylic acid groups (broad SMARTS) is 1. The Hall–Kier alpha value is -2.36. The summed E-state index contributed by atoms with van der Waals surface area (Å²) in [6.45, 7) is 6.14. The number of allylic oxidation sites excluding steroid dienone is 3. The zero-order valence-electron chi connectivity index (χ0n) is 14.0. The summed E-state index contributed by atoms with van der Waals surface area (Å²) in [6.07, 6.45) is 7.19. The third kappa shape index (κ3) is 7.45. The molecule has 23 heavy (non-hydrogen) atoms. The van der Waals surface area contributed by atoms with Gasteiger partial charge in [0.15, 0.2) is 0 Å². The van der Waals surface area contributed by atoms with Gasteiger partial charge >= 0.3 is 11.9 Å². The quantitative estimate of drug-likeness (QED) is 0.325. The Kier molecular flexibility index (Phi) is 7.81. The highest BCUT2D eigenvalue weighted by Crippen LogP contribution is 2.18. The number of rotatable bonds is 8. The van der Waals surface area contributed by atoms with Gasteiger partial charge in [0.25, 0.3) is 0 Å². The van der Waals surface area contributed by atoms with Crippen molar-refractivity contribution >= 4 is 11.9 Å². The molecule has 4 nitrogen and oxygen atoms in total. The van der Waals surface area contributed by atoms with Crippen LogP contribution >= 0.6 is 0 Å². The molecule has 4 heteroatoms. The zero-order valence-corrected chi connectivity index (χ0v) is 14.0. The molecule has 124 valence electrons. The number of benzene rings is 1. The van der Waals surface area contributed by atoms with Gasteiger partial charge in [-0.25, -0.2) is 4.79 Å². The van der Waals surface area contributed by atoms with Crippen molar-refractivity contribution in [3.8, 4) is 5.75 Å². The molecule has 1 rings (SSSR count). The van der Waals surface area contributed by atoms with Gasteiger partial charge < -0.3 is 9.84 Å². The molecule has 0 unspecified atom stereocenters. The van der Waals surface area contributed by atoms with E-state index in [0.29, 0.717) is 0 Å². The lowest BCUT2D eigenvalue weighted by Crippen LogP contribution is -2.10. The van der Waals surface area contributed by atoms with E-state index < -0.39 is 11.9 Å². The van der Waals surface area contributed by atoms with Crippen molar-refractivity contribution in [1.82, 2.24) is 0 Å². The van der Waals surface area contributed by atoms with E-state index >= 15 is 0 Å². The van der Waals surface area contributed by atoms with Gasteiger partial charge in [0.05, 0.1) is 6.42 Å². The molecule has 0 atom stereocenters. The van der Waals surface area contributed by atoms with Crippen molar-refractivity contribution in [1.29, 1.82) is 0 Å². The minimum absolute atomic E-state index is 0.0109. The van der Waals surface area contributed by atoms with Crippen LogP contribution in [0.5, 0.6) is 5.75 Å². The Bertz CT molecular complexity index is 608. The van der Waals surface area contributed by atoms with E-state index in [1.54, 1.807) is 12.1 Å². The summed E-state index contributed by atoms with van der Waals surface area (Å²) >= 11 is 0. The van der Waals surface area contributed by atoms with E-state index in [1.165, 1.54) is 17.7 Å². The smallest absolute Gasteiger partial charge is 0.339 e. The number of unbranched alkanes of at least 4 members (excludes halogenated alkanes) is 1. The lowest BCUT2D eigenvalue weighted by molar-refractivity contribution is -0.133. The van der Waals surface area contributed by atoms with Crippen LogP contribution in [0.1, 0.15) is 56.8 Å². The molecule has 0 bridgehead atoms. The molecule has 0 aliphatic heterocycles. The molecule has 1 N–H and O–H groups in total. The molecule has 0 radical (unpaired) electrons. The lowest BCUT2D eigenvalue weighted by atomic mass is 10.1. The number of aromatic carboxylic acids is 1. The maximum atomic E-state index is 11.8. The molecule has 0 aliphatic rings. The van der Waals surface area contributed by atoms with Crippen LogP contribution < -0.4 is 4.74 Å². The van der Waals surface area contributed by atoms with Gasteiger partial charge in [-0.15, -0.1) is 0 Å². The molecule has 1 aromatic carbocycles. The van der Waals surface area contributed by atoms with E-state index in [0.717, 1.165) is 24.8 Å². The first-order valence-electron chi connectivity index (χ1n) is 7.72. The van der Waals surface area contributed by atoms with Crippen molar-refractivity contribution in [2.75, 3.05) is 0 Å². The van der Waals surface area contributed by atoms with E-state index in [4.69, 9.17) is 9.84 Å². The van der Waals surface area contributed by atoms with E-state index in [1.807, 2.05) is 13.0 Å². The fourth-order valence-corrected chi connectivity index (χ4v) is 2.03. The van der Waals surface area contributed by atoms with Crippen molar-refractivity contribution in [3.05, 3.63) is 53.1 Å². The molecule has 1 aromatic rings. The second kappa shape index (κ2) is 9.62. The molecule has 0 heterocycles. The SMILES string of the molecule is CC(C)=CCCC/C(C)=C/CC(=O)Oc1ccccc1C(=O)O. The summed E-state index contributed by atoms with van der Waals surface area (Å²) in [5.74, 6) is -1.48. The van der Waals surface area contributed by atoms with E-state index in [9.17, 15) is 9.59 Å². The highest BCUT2D eigenvalue weighted by atomic mass is 16.5. The molecule has 0 amide bonds. The van der Waals surface area contributed by atoms with Gasteiger partial charge in [0, 0.05) is 0 Å². The number of esters is 1.